The number of nitrogens with zero attached hydrogens (tertiary/aromatic N) is 2. The van der Waals surface area contributed by atoms with Crippen molar-refractivity contribution < 1.29 is 28.5 Å². The number of benzene rings is 2. The van der Waals surface area contributed by atoms with Crippen molar-refractivity contribution >= 4 is 24.0 Å². The molecule has 4 heterocycles. The van der Waals surface area contributed by atoms with E-state index in [1.54, 1.807) is 0 Å². The molecule has 0 spiro atoms. The number of amides is 2. The Morgan fingerprint density at radius 1 is 0.585 bits per heavy atom. The van der Waals surface area contributed by atoms with Gasteiger partial charge in [0.25, 0.3) is 0 Å². The smallest absolute Gasteiger partial charge is 0.231 e. The van der Waals surface area contributed by atoms with E-state index in [1.807, 2.05) is 46.2 Å². The molecule has 0 radical (unpaired) electrons. The van der Waals surface area contributed by atoms with Gasteiger partial charge in [-0.3, -0.25) is 9.59 Å². The van der Waals surface area contributed by atoms with Crippen molar-refractivity contribution in [3.63, 3.8) is 0 Å². The second-order valence-electron chi connectivity index (χ2n) is 11.6. The number of hydrogen-bond donors (Lipinski definition) is 0. The molecular weight excluding hydrogens is 520 g/mol. The lowest BCUT2D eigenvalue weighted by Crippen LogP contribution is -2.59. The lowest BCUT2D eigenvalue weighted by Gasteiger charge is -2.50. The second-order valence-corrected chi connectivity index (χ2v) is 11.6. The lowest BCUT2D eigenvalue weighted by atomic mass is 9.55. The maximum absolute atomic E-state index is 14.1. The summed E-state index contributed by atoms with van der Waals surface area (Å²) in [6.45, 7) is 3.55. The zero-order chi connectivity index (χ0) is 27.8. The van der Waals surface area contributed by atoms with E-state index < -0.39 is 0 Å². The largest absolute Gasteiger partial charge is 0.454 e. The van der Waals surface area contributed by atoms with Crippen LogP contribution < -0.4 is 18.9 Å². The van der Waals surface area contributed by atoms with Gasteiger partial charge in [-0.15, -0.1) is 0 Å². The highest BCUT2D eigenvalue weighted by Crippen LogP contribution is 2.51. The van der Waals surface area contributed by atoms with Gasteiger partial charge in [0.05, 0.1) is 11.8 Å². The first-order valence-electron chi connectivity index (χ1n) is 14.9. The number of ether oxygens (including phenoxy) is 4. The first-order chi connectivity index (χ1) is 20.2. The molecule has 0 bridgehead atoms. The van der Waals surface area contributed by atoms with Crippen molar-refractivity contribution in [1.82, 2.24) is 9.80 Å². The Morgan fingerprint density at radius 3 is 1.46 bits per heavy atom. The Labute approximate surface area is 240 Å². The molecule has 1 saturated carbocycles. The molecule has 0 aromatic heterocycles. The van der Waals surface area contributed by atoms with Crippen LogP contribution in [0, 0.1) is 23.7 Å². The maximum Gasteiger partial charge on any atom is 0.231 e. The van der Waals surface area contributed by atoms with E-state index in [0.717, 1.165) is 92.4 Å². The summed E-state index contributed by atoms with van der Waals surface area (Å²) < 4.78 is 22.1. The summed E-state index contributed by atoms with van der Waals surface area (Å²) in [7, 11) is 0. The molecule has 0 N–H and O–H groups in total. The molecule has 1 aliphatic carbocycles. The van der Waals surface area contributed by atoms with Gasteiger partial charge in [-0.2, -0.15) is 0 Å². The van der Waals surface area contributed by atoms with Crippen LogP contribution in [0.15, 0.2) is 48.6 Å². The fraction of sp³-hybridized carbons (Fsp3) is 0.455. The number of piperidine rings is 1. The summed E-state index contributed by atoms with van der Waals surface area (Å²) in [5, 5.41) is 0. The number of carbonyl (C=O) groups excluding carboxylic acids is 2. The van der Waals surface area contributed by atoms with Crippen LogP contribution in [0.3, 0.4) is 0 Å². The average Bonchev–Trinajstić information content (AvgIpc) is 3.78. The van der Waals surface area contributed by atoms with E-state index in [4.69, 9.17) is 18.9 Å². The first kappa shape index (κ1) is 26.0. The molecule has 2 saturated heterocycles. The third-order valence-corrected chi connectivity index (χ3v) is 9.13. The van der Waals surface area contributed by atoms with Crippen LogP contribution in [-0.2, 0) is 9.59 Å². The molecule has 214 valence electrons. The molecule has 4 aliphatic heterocycles. The molecule has 3 fully saturated rings. The monoisotopic (exact) mass is 556 g/mol. The van der Waals surface area contributed by atoms with Crippen LogP contribution in [0.4, 0.5) is 0 Å². The number of carbonyl (C=O) groups is 2. The Hall–Kier alpha value is -3.94. The Balaban J connectivity index is 1.22. The van der Waals surface area contributed by atoms with E-state index in [0.29, 0.717) is 0 Å². The molecule has 7 rings (SSSR count). The van der Waals surface area contributed by atoms with Crippen molar-refractivity contribution in [2.75, 3.05) is 39.8 Å². The Kier molecular flexibility index (Phi) is 7.07. The summed E-state index contributed by atoms with van der Waals surface area (Å²) in [5.41, 5.74) is 1.96. The minimum Gasteiger partial charge on any atom is -0.454 e. The Morgan fingerprint density at radius 2 is 1.00 bits per heavy atom. The van der Waals surface area contributed by atoms with E-state index in [-0.39, 0.29) is 49.1 Å². The van der Waals surface area contributed by atoms with E-state index in [1.165, 1.54) is 0 Å². The first-order valence-corrected chi connectivity index (χ1v) is 14.9. The fourth-order valence-corrected chi connectivity index (χ4v) is 6.90. The zero-order valence-electron chi connectivity index (χ0n) is 23.2. The van der Waals surface area contributed by atoms with Gasteiger partial charge >= 0.3 is 0 Å². The number of likely N-dealkylation sites (tertiary alicyclic amines) is 2. The van der Waals surface area contributed by atoms with Gasteiger partial charge in [-0.25, -0.2) is 0 Å². The van der Waals surface area contributed by atoms with Crippen molar-refractivity contribution in [3.05, 3.63) is 59.7 Å². The van der Waals surface area contributed by atoms with Gasteiger partial charge in [-0.1, -0.05) is 36.4 Å². The van der Waals surface area contributed by atoms with Gasteiger partial charge in [0.1, 0.15) is 0 Å². The lowest BCUT2D eigenvalue weighted by molar-refractivity contribution is -0.160. The SMILES string of the molecule is O=C([C@@H]1[C@H](C=Cc2ccc3c(c2)OCO3)[C@@H](C=Cc2ccc3c(c2)OCO3)[C@H]1C(=O)N1CCCC1)N1CCCCC1. The minimum atomic E-state index is -0.377. The van der Waals surface area contributed by atoms with Crippen LogP contribution in [0.25, 0.3) is 12.2 Å². The fourth-order valence-electron chi connectivity index (χ4n) is 6.90. The van der Waals surface area contributed by atoms with Gasteiger partial charge in [-0.05, 0) is 79.3 Å². The highest BCUT2D eigenvalue weighted by Gasteiger charge is 2.57. The predicted molar refractivity (Wildman–Crippen MR) is 153 cm³/mol. The molecule has 2 aromatic rings. The molecule has 4 atom stereocenters. The van der Waals surface area contributed by atoms with E-state index in [9.17, 15) is 9.59 Å². The molecule has 2 amide bonds. The number of rotatable bonds is 6. The Bertz CT molecular complexity index is 1370. The molecule has 2 aromatic carbocycles. The quantitative estimate of drug-likeness (QED) is 0.499. The normalized spacial score (nSPS) is 26.6. The minimum absolute atomic E-state index is 0.0995. The van der Waals surface area contributed by atoms with Crippen LogP contribution in [0.5, 0.6) is 23.0 Å². The van der Waals surface area contributed by atoms with Gasteiger partial charge in [0.15, 0.2) is 23.0 Å². The zero-order valence-corrected chi connectivity index (χ0v) is 23.2. The third kappa shape index (κ3) is 5.04. The van der Waals surface area contributed by atoms with Gasteiger partial charge in [0.2, 0.25) is 25.4 Å². The summed E-state index contributed by atoms with van der Waals surface area (Å²) in [4.78, 5) is 32.0. The average molecular weight is 557 g/mol. The second kappa shape index (κ2) is 11.1. The van der Waals surface area contributed by atoms with Crippen molar-refractivity contribution in [3.8, 4) is 23.0 Å². The summed E-state index contributed by atoms with van der Waals surface area (Å²) in [5.74, 6) is 2.22. The van der Waals surface area contributed by atoms with E-state index >= 15 is 0 Å². The summed E-state index contributed by atoms with van der Waals surface area (Å²) in [6.07, 6.45) is 13.6. The van der Waals surface area contributed by atoms with E-state index in [2.05, 4.69) is 24.3 Å². The molecule has 8 nitrogen and oxygen atoms in total. The number of hydrogen-bond acceptors (Lipinski definition) is 6. The van der Waals surface area contributed by atoms with Crippen molar-refractivity contribution in [1.29, 1.82) is 0 Å². The molecule has 5 aliphatic rings. The molecule has 41 heavy (non-hydrogen) atoms. The van der Waals surface area contributed by atoms with Crippen LogP contribution in [0.2, 0.25) is 0 Å². The van der Waals surface area contributed by atoms with Crippen molar-refractivity contribution in [2.45, 2.75) is 32.1 Å². The standard InChI is InChI=1S/C33H36N2O6/c36-32(34-14-2-1-3-15-34)30-24(10-6-22-8-12-26-28(18-22)40-20-38-26)25(31(30)33(37)35-16-4-5-17-35)11-7-23-9-13-27-29(19-23)41-21-39-27/h6-13,18-19,24-25,30-31H,1-5,14-17,20-21H2/t24-,25-,30-,31-/m1/s1. The molecule has 8 heteroatoms. The number of allylic oxidation sites excluding steroid dienone is 2. The predicted octanol–water partition coefficient (Wildman–Crippen LogP) is 4.98. The maximum atomic E-state index is 14.1. The number of fused-ring (bicyclic) bond motifs is 2. The third-order valence-electron chi connectivity index (χ3n) is 9.13. The topological polar surface area (TPSA) is 77.5 Å². The van der Waals surface area contributed by atoms with Crippen LogP contribution >= 0.6 is 0 Å². The highest BCUT2D eigenvalue weighted by atomic mass is 16.7. The molecular formula is C33H36N2O6. The van der Waals surface area contributed by atoms with Crippen molar-refractivity contribution in [2.24, 2.45) is 23.7 Å². The van der Waals surface area contributed by atoms with Crippen LogP contribution in [-0.4, -0.2) is 61.4 Å². The van der Waals surface area contributed by atoms with Gasteiger partial charge in [0, 0.05) is 26.2 Å². The summed E-state index contributed by atoms with van der Waals surface area (Å²) in [6, 6.07) is 11.7. The van der Waals surface area contributed by atoms with Crippen LogP contribution in [0.1, 0.15) is 43.2 Å². The highest BCUT2D eigenvalue weighted by molar-refractivity contribution is 5.91. The van der Waals surface area contributed by atoms with Gasteiger partial charge < -0.3 is 28.7 Å². The molecule has 0 unspecified atom stereocenters. The summed E-state index contributed by atoms with van der Waals surface area (Å²) >= 11 is 0.